The average Bonchev–Trinajstić information content (AvgIpc) is 2.46. The van der Waals surface area contributed by atoms with E-state index in [0.29, 0.717) is 12.8 Å². The highest BCUT2D eigenvalue weighted by Gasteiger charge is 2.28. The Labute approximate surface area is 137 Å². The van der Waals surface area contributed by atoms with Gasteiger partial charge in [-0.05, 0) is 12.8 Å². The molecule has 0 fully saturated rings. The van der Waals surface area contributed by atoms with Gasteiger partial charge in [-0.2, -0.15) is 0 Å². The molecule has 0 rings (SSSR count). The molecular weight excluding hydrogens is 276 g/mol. The fraction of sp³-hybridized carbons (Fsp3) is 0.947. The van der Waals surface area contributed by atoms with Gasteiger partial charge in [-0.25, -0.2) is 0 Å². The molecular formula is C19H38O3. The number of hydrogen-bond donors (Lipinski definition) is 2. The summed E-state index contributed by atoms with van der Waals surface area (Å²) in [5, 5.41) is 19.6. The van der Waals surface area contributed by atoms with Crippen LogP contribution < -0.4 is 0 Å². The largest absolute Gasteiger partial charge is 0.481 e. The van der Waals surface area contributed by atoms with Crippen LogP contribution in [0, 0.1) is 0 Å². The first-order valence-corrected chi connectivity index (χ1v) is 9.48. The molecule has 3 nitrogen and oxygen atoms in total. The molecule has 132 valence electrons. The molecule has 3 heteroatoms. The third-order valence-corrected chi connectivity index (χ3v) is 4.47. The second-order valence-electron chi connectivity index (χ2n) is 6.83. The van der Waals surface area contributed by atoms with E-state index in [0.717, 1.165) is 32.1 Å². The first-order chi connectivity index (χ1) is 10.5. The minimum atomic E-state index is -0.984. The van der Waals surface area contributed by atoms with Crippen molar-refractivity contribution < 1.29 is 15.0 Å². The molecule has 0 aromatic rings. The maximum atomic E-state index is 11.0. The first kappa shape index (κ1) is 21.4. The van der Waals surface area contributed by atoms with E-state index in [9.17, 15) is 9.90 Å². The first-order valence-electron chi connectivity index (χ1n) is 9.48. The van der Waals surface area contributed by atoms with Crippen molar-refractivity contribution in [2.45, 2.75) is 116 Å². The topological polar surface area (TPSA) is 57.5 Å². The number of hydrogen-bond acceptors (Lipinski definition) is 2. The molecule has 0 aliphatic carbocycles. The van der Waals surface area contributed by atoms with Gasteiger partial charge in [-0.1, -0.05) is 90.9 Å². The number of rotatable bonds is 16. The highest BCUT2D eigenvalue weighted by molar-refractivity contribution is 5.68. The van der Waals surface area contributed by atoms with Crippen LogP contribution in [0.2, 0.25) is 0 Å². The van der Waals surface area contributed by atoms with E-state index in [4.69, 9.17) is 5.11 Å². The van der Waals surface area contributed by atoms with Crippen molar-refractivity contribution in [1.82, 2.24) is 0 Å². The van der Waals surface area contributed by atoms with E-state index >= 15 is 0 Å². The van der Waals surface area contributed by atoms with Crippen LogP contribution in [0.15, 0.2) is 0 Å². The second-order valence-corrected chi connectivity index (χ2v) is 6.83. The van der Waals surface area contributed by atoms with Gasteiger partial charge in [0, 0.05) is 0 Å². The third-order valence-electron chi connectivity index (χ3n) is 4.47. The zero-order chi connectivity index (χ0) is 16.7. The zero-order valence-corrected chi connectivity index (χ0v) is 14.9. The molecule has 0 radical (unpaired) electrons. The van der Waals surface area contributed by atoms with Gasteiger partial charge in [0.05, 0.1) is 12.0 Å². The highest BCUT2D eigenvalue weighted by atomic mass is 16.4. The van der Waals surface area contributed by atoms with Crippen molar-refractivity contribution in [3.63, 3.8) is 0 Å². The number of carboxylic acids is 1. The fourth-order valence-electron chi connectivity index (χ4n) is 3.05. The zero-order valence-electron chi connectivity index (χ0n) is 14.9. The molecule has 0 aromatic carbocycles. The number of aliphatic hydroxyl groups is 1. The lowest BCUT2D eigenvalue weighted by molar-refractivity contribution is -0.143. The third kappa shape index (κ3) is 13.1. The predicted molar refractivity (Wildman–Crippen MR) is 93.2 cm³/mol. The molecule has 22 heavy (non-hydrogen) atoms. The van der Waals surface area contributed by atoms with E-state index in [1.165, 1.54) is 44.9 Å². The Hall–Kier alpha value is -0.570. The normalized spacial score (nSPS) is 14.0. The Morgan fingerprint density at radius 3 is 1.50 bits per heavy atom. The quantitative estimate of drug-likeness (QED) is 0.360. The summed E-state index contributed by atoms with van der Waals surface area (Å²) in [7, 11) is 0. The van der Waals surface area contributed by atoms with Crippen molar-refractivity contribution in [2.75, 3.05) is 0 Å². The molecule has 0 heterocycles. The van der Waals surface area contributed by atoms with Crippen LogP contribution in [0.3, 0.4) is 0 Å². The highest BCUT2D eigenvalue weighted by Crippen LogP contribution is 2.26. The van der Waals surface area contributed by atoms with E-state index in [1.807, 2.05) is 0 Å². The molecule has 0 spiro atoms. The van der Waals surface area contributed by atoms with Crippen molar-refractivity contribution in [3.05, 3.63) is 0 Å². The van der Waals surface area contributed by atoms with E-state index < -0.39 is 11.6 Å². The van der Waals surface area contributed by atoms with Gasteiger partial charge in [0.25, 0.3) is 0 Å². The summed E-state index contributed by atoms with van der Waals surface area (Å²) in [6, 6.07) is 0. The molecule has 0 aliphatic rings. The summed E-state index contributed by atoms with van der Waals surface area (Å²) < 4.78 is 0. The van der Waals surface area contributed by atoms with Crippen LogP contribution in [0.1, 0.15) is 110 Å². The Kier molecular flexibility index (Phi) is 13.7. The molecule has 1 unspecified atom stereocenters. The number of unbranched alkanes of at least 4 members (excludes halogenated alkanes) is 10. The van der Waals surface area contributed by atoms with E-state index in [2.05, 4.69) is 13.8 Å². The predicted octanol–water partition coefficient (Wildman–Crippen LogP) is 5.69. The molecule has 0 aromatic heterocycles. The number of aliphatic carboxylic acids is 1. The maximum absolute atomic E-state index is 11.0. The monoisotopic (exact) mass is 314 g/mol. The van der Waals surface area contributed by atoms with Crippen LogP contribution in [0.5, 0.6) is 0 Å². The van der Waals surface area contributed by atoms with Gasteiger partial charge < -0.3 is 10.2 Å². The molecule has 1 atom stereocenters. The molecule has 0 bridgehead atoms. The van der Waals surface area contributed by atoms with Crippen LogP contribution in [0.4, 0.5) is 0 Å². The smallest absolute Gasteiger partial charge is 0.306 e. The molecule has 0 saturated carbocycles. The van der Waals surface area contributed by atoms with Crippen LogP contribution >= 0.6 is 0 Å². The lowest BCUT2D eigenvalue weighted by Gasteiger charge is -2.26. The minimum Gasteiger partial charge on any atom is -0.481 e. The lowest BCUT2D eigenvalue weighted by Crippen LogP contribution is -2.31. The minimum absolute atomic E-state index is 0.102. The van der Waals surface area contributed by atoms with Crippen molar-refractivity contribution in [3.8, 4) is 0 Å². The number of carboxylic acid groups (broad SMARTS) is 1. The fourth-order valence-corrected chi connectivity index (χ4v) is 3.05. The van der Waals surface area contributed by atoms with Gasteiger partial charge >= 0.3 is 5.97 Å². The van der Waals surface area contributed by atoms with Gasteiger partial charge in [0.1, 0.15) is 0 Å². The summed E-state index contributed by atoms with van der Waals surface area (Å²) in [4.78, 5) is 11.0. The standard InChI is InChI=1S/C19H38O3/c1-3-5-7-9-10-11-12-14-16-19(22,17-18(20)21)15-13-8-6-4-2/h22H,3-17H2,1-2H3,(H,20,21). The van der Waals surface area contributed by atoms with Gasteiger partial charge in [0.15, 0.2) is 0 Å². The van der Waals surface area contributed by atoms with Crippen LogP contribution in [-0.4, -0.2) is 21.8 Å². The lowest BCUT2D eigenvalue weighted by atomic mass is 9.87. The van der Waals surface area contributed by atoms with Gasteiger partial charge in [0.2, 0.25) is 0 Å². The molecule has 0 saturated heterocycles. The Balaban J connectivity index is 3.85. The van der Waals surface area contributed by atoms with E-state index in [1.54, 1.807) is 0 Å². The second kappa shape index (κ2) is 14.0. The number of carbonyl (C=O) groups is 1. The summed E-state index contributed by atoms with van der Waals surface area (Å²) >= 11 is 0. The SMILES string of the molecule is CCCCCCCCCCC(O)(CCCCCC)CC(=O)O. The van der Waals surface area contributed by atoms with Gasteiger partial charge in [-0.3, -0.25) is 4.79 Å². The Morgan fingerprint density at radius 2 is 1.09 bits per heavy atom. The summed E-state index contributed by atoms with van der Waals surface area (Å²) in [6.07, 6.45) is 15.3. The van der Waals surface area contributed by atoms with Crippen LogP contribution in [0.25, 0.3) is 0 Å². The molecule has 0 amide bonds. The summed E-state index contributed by atoms with van der Waals surface area (Å²) in [5.41, 5.74) is -0.984. The van der Waals surface area contributed by atoms with Crippen molar-refractivity contribution in [1.29, 1.82) is 0 Å². The Bertz CT molecular complexity index is 265. The van der Waals surface area contributed by atoms with E-state index in [-0.39, 0.29) is 6.42 Å². The molecule has 2 N–H and O–H groups in total. The summed E-state index contributed by atoms with van der Waals surface area (Å²) in [6.45, 7) is 4.38. The van der Waals surface area contributed by atoms with Gasteiger partial charge in [-0.15, -0.1) is 0 Å². The molecule has 0 aliphatic heterocycles. The Morgan fingerprint density at radius 1 is 0.727 bits per heavy atom. The summed E-state index contributed by atoms with van der Waals surface area (Å²) in [5.74, 6) is -0.877. The van der Waals surface area contributed by atoms with Crippen LogP contribution in [-0.2, 0) is 4.79 Å². The average molecular weight is 315 g/mol. The maximum Gasteiger partial charge on any atom is 0.306 e. The van der Waals surface area contributed by atoms with Crippen molar-refractivity contribution in [2.24, 2.45) is 0 Å². The van der Waals surface area contributed by atoms with Crippen molar-refractivity contribution >= 4 is 5.97 Å².